The van der Waals surface area contributed by atoms with Gasteiger partial charge < -0.3 is 24.8 Å². The van der Waals surface area contributed by atoms with E-state index in [1.807, 2.05) is 6.08 Å². The second kappa shape index (κ2) is 11.4. The molecule has 4 saturated carbocycles. The lowest BCUT2D eigenvalue weighted by atomic mass is 9.33. The number of hydrogen-bond donors (Lipinski definition) is 3. The van der Waals surface area contributed by atoms with Gasteiger partial charge in [0.2, 0.25) is 5.75 Å². The second-order valence-corrected chi connectivity index (χ2v) is 17.3. The molecule has 5 aliphatic carbocycles. The van der Waals surface area contributed by atoms with Crippen LogP contribution in [0.5, 0.6) is 17.2 Å². The summed E-state index contributed by atoms with van der Waals surface area (Å²) in [7, 11) is 1.35. The standard InChI is InChI=1S/C40H54O8/c1-22-11-14-36(3)17-18-38(5)25(32(36)23(22)2)21-27(42)34-37(4)15-13-30(40(7,35(45)46)29(37)12-16-39(34,38)6)48-31(43)10-9-24-19-26(41)33(44)28(20-24)47-8/h9-10,19-23,29-30,32,34,41,44H,11-18H2,1-8H3,(H,45,46)/t22-,23+,29?,30-,32?,34?,36-,37+,38-,39-,40-/m1/s1. The van der Waals surface area contributed by atoms with Gasteiger partial charge in [0, 0.05) is 12.0 Å². The molecule has 0 aromatic heterocycles. The van der Waals surface area contributed by atoms with Crippen molar-refractivity contribution in [3.8, 4) is 17.2 Å². The maximum Gasteiger partial charge on any atom is 0.331 e. The van der Waals surface area contributed by atoms with E-state index in [0.717, 1.165) is 19.3 Å². The first-order valence-electron chi connectivity index (χ1n) is 17.9. The van der Waals surface area contributed by atoms with Gasteiger partial charge in [-0.1, -0.05) is 47.1 Å². The highest BCUT2D eigenvalue weighted by Crippen LogP contribution is 2.75. The van der Waals surface area contributed by atoms with Crippen LogP contribution in [-0.2, 0) is 19.1 Å². The van der Waals surface area contributed by atoms with Crippen molar-refractivity contribution in [3.05, 3.63) is 35.4 Å². The van der Waals surface area contributed by atoms with Gasteiger partial charge in [0.1, 0.15) is 11.5 Å². The Labute approximate surface area is 285 Å². The molecule has 8 heteroatoms. The third kappa shape index (κ3) is 4.70. The van der Waals surface area contributed by atoms with E-state index < -0.39 is 40.4 Å². The minimum atomic E-state index is -1.39. The molecule has 262 valence electrons. The number of aliphatic carboxylic acids is 1. The van der Waals surface area contributed by atoms with E-state index in [-0.39, 0.29) is 39.6 Å². The fourth-order valence-electron chi connectivity index (χ4n) is 12.0. The number of carboxylic acids is 1. The van der Waals surface area contributed by atoms with Crippen LogP contribution in [-0.4, -0.2) is 46.3 Å². The van der Waals surface area contributed by atoms with Crippen LogP contribution in [0.1, 0.15) is 105 Å². The summed E-state index contributed by atoms with van der Waals surface area (Å²) in [4.78, 5) is 41.1. The Balaban J connectivity index is 1.31. The number of allylic oxidation sites excluding steroid dienone is 2. The number of ketones is 1. The molecule has 0 spiro atoms. The van der Waals surface area contributed by atoms with Gasteiger partial charge in [0.25, 0.3) is 0 Å². The van der Waals surface area contributed by atoms with E-state index in [1.54, 1.807) is 6.92 Å². The van der Waals surface area contributed by atoms with Gasteiger partial charge in [-0.3, -0.25) is 9.59 Å². The molecule has 48 heavy (non-hydrogen) atoms. The topological polar surface area (TPSA) is 130 Å². The number of fused-ring (bicyclic) bond motifs is 7. The molecule has 0 radical (unpaired) electrons. The number of esters is 1. The number of rotatable bonds is 5. The molecule has 3 N–H and O–H groups in total. The Morgan fingerprint density at radius 3 is 2.31 bits per heavy atom. The van der Waals surface area contributed by atoms with Gasteiger partial charge >= 0.3 is 11.9 Å². The van der Waals surface area contributed by atoms with E-state index >= 15 is 0 Å². The van der Waals surface area contributed by atoms with Crippen molar-refractivity contribution in [1.82, 2.24) is 0 Å². The normalized spacial score (nSPS) is 43.7. The van der Waals surface area contributed by atoms with E-state index in [0.29, 0.717) is 42.6 Å². The van der Waals surface area contributed by atoms with Crippen LogP contribution < -0.4 is 4.74 Å². The highest BCUT2D eigenvalue weighted by atomic mass is 16.5. The van der Waals surface area contributed by atoms with Crippen molar-refractivity contribution >= 4 is 23.8 Å². The number of benzene rings is 1. The van der Waals surface area contributed by atoms with Crippen molar-refractivity contribution in [3.63, 3.8) is 0 Å². The van der Waals surface area contributed by atoms with Gasteiger partial charge in [-0.2, -0.15) is 0 Å². The number of ether oxygens (including phenoxy) is 2. The van der Waals surface area contributed by atoms with Crippen molar-refractivity contribution < 1.29 is 39.2 Å². The van der Waals surface area contributed by atoms with E-state index in [4.69, 9.17) is 9.47 Å². The average Bonchev–Trinajstić information content (AvgIpc) is 3.02. The Hall–Kier alpha value is -3.29. The van der Waals surface area contributed by atoms with Crippen LogP contribution in [0, 0.1) is 56.7 Å². The van der Waals surface area contributed by atoms with Crippen LogP contribution in [0.3, 0.4) is 0 Å². The summed E-state index contributed by atoms with van der Waals surface area (Å²) in [5, 5.41) is 30.8. The average molecular weight is 663 g/mol. The zero-order valence-corrected chi connectivity index (χ0v) is 29.9. The number of hydrogen-bond acceptors (Lipinski definition) is 7. The molecule has 6 rings (SSSR count). The number of phenols is 2. The van der Waals surface area contributed by atoms with Crippen molar-refractivity contribution in [2.75, 3.05) is 7.11 Å². The van der Waals surface area contributed by atoms with Crippen LogP contribution in [0.15, 0.2) is 29.9 Å². The SMILES string of the molecule is COc1cc(C=CC(=O)O[C@@H]2CC[C@@]3(C)C(CC[C@]4(C)C3C(=O)C=C3C5[C@@H](C)[C@H](C)CC[C@]5(C)CC[C@]34C)[C@@]2(C)C(=O)O)cc(O)c1O. The van der Waals surface area contributed by atoms with E-state index in [1.165, 1.54) is 49.8 Å². The van der Waals surface area contributed by atoms with Crippen LogP contribution >= 0.6 is 0 Å². The zero-order chi connectivity index (χ0) is 35.2. The summed E-state index contributed by atoms with van der Waals surface area (Å²) >= 11 is 0. The highest BCUT2D eigenvalue weighted by molar-refractivity contribution is 5.96. The quantitative estimate of drug-likeness (QED) is 0.165. The first-order chi connectivity index (χ1) is 22.4. The van der Waals surface area contributed by atoms with E-state index in [2.05, 4.69) is 41.5 Å². The number of carboxylic acid groups (broad SMARTS) is 1. The number of aromatic hydroxyl groups is 2. The summed E-state index contributed by atoms with van der Waals surface area (Å²) in [5.74, 6) is -1.47. The highest BCUT2D eigenvalue weighted by Gasteiger charge is 2.72. The number of carbonyl (C=O) groups excluding carboxylic acids is 2. The predicted molar refractivity (Wildman–Crippen MR) is 182 cm³/mol. The van der Waals surface area contributed by atoms with Crippen molar-refractivity contribution in [2.24, 2.45) is 56.7 Å². The fourth-order valence-corrected chi connectivity index (χ4v) is 12.0. The molecule has 3 unspecified atom stereocenters. The Morgan fingerprint density at radius 2 is 1.65 bits per heavy atom. The molecule has 0 heterocycles. The largest absolute Gasteiger partial charge is 0.504 e. The maximum atomic E-state index is 14.6. The Kier molecular flexibility index (Phi) is 8.19. The van der Waals surface area contributed by atoms with Crippen molar-refractivity contribution in [2.45, 2.75) is 106 Å². The van der Waals surface area contributed by atoms with Crippen LogP contribution in [0.25, 0.3) is 6.08 Å². The molecule has 11 atom stereocenters. The summed E-state index contributed by atoms with van der Waals surface area (Å²) in [6, 6.07) is 2.76. The first kappa shape index (κ1) is 34.6. The molecular weight excluding hydrogens is 608 g/mol. The lowest BCUT2D eigenvalue weighted by Crippen LogP contribution is -2.68. The van der Waals surface area contributed by atoms with Gasteiger partial charge in [0.05, 0.1) is 7.11 Å². The number of carbonyl (C=O) groups is 3. The van der Waals surface area contributed by atoms with Crippen molar-refractivity contribution in [1.29, 1.82) is 0 Å². The molecule has 5 aliphatic rings. The molecule has 0 amide bonds. The predicted octanol–water partition coefficient (Wildman–Crippen LogP) is 7.95. The minimum absolute atomic E-state index is 0.0514. The maximum absolute atomic E-state index is 14.6. The molecule has 4 fully saturated rings. The van der Waals surface area contributed by atoms with Crippen LogP contribution in [0.2, 0.25) is 0 Å². The van der Waals surface area contributed by atoms with Gasteiger partial charge in [-0.25, -0.2) is 4.79 Å². The third-order valence-corrected chi connectivity index (χ3v) is 15.2. The van der Waals surface area contributed by atoms with E-state index in [9.17, 15) is 29.7 Å². The summed E-state index contributed by atoms with van der Waals surface area (Å²) in [5.41, 5.74) is -0.447. The lowest BCUT2D eigenvalue weighted by Gasteiger charge is -2.70. The molecular formula is C40H54O8. The molecule has 0 saturated heterocycles. The summed E-state index contributed by atoms with van der Waals surface area (Å²) < 4.78 is 11.0. The lowest BCUT2D eigenvalue weighted by molar-refractivity contribution is -0.220. The van der Waals surface area contributed by atoms with Crippen LogP contribution in [0.4, 0.5) is 0 Å². The zero-order valence-electron chi connectivity index (χ0n) is 29.9. The monoisotopic (exact) mass is 662 g/mol. The molecule has 0 bridgehead atoms. The Bertz CT molecular complexity index is 1590. The second-order valence-electron chi connectivity index (χ2n) is 17.3. The molecule has 0 aliphatic heterocycles. The minimum Gasteiger partial charge on any atom is -0.504 e. The summed E-state index contributed by atoms with van der Waals surface area (Å²) in [6.07, 6.45) is 10.7. The van der Waals surface area contributed by atoms with Gasteiger partial charge in [0.15, 0.2) is 17.3 Å². The van der Waals surface area contributed by atoms with Gasteiger partial charge in [-0.05, 0) is 133 Å². The number of phenolic OH excluding ortho intramolecular Hbond substituents is 2. The molecule has 1 aromatic rings. The van der Waals surface area contributed by atoms with Gasteiger partial charge in [-0.15, -0.1) is 0 Å². The number of methoxy groups -OCH3 is 1. The first-order valence-corrected chi connectivity index (χ1v) is 17.9. The molecule has 8 nitrogen and oxygen atoms in total. The summed E-state index contributed by atoms with van der Waals surface area (Å²) in [6.45, 7) is 15.8. The molecule has 1 aromatic carbocycles. The fraction of sp³-hybridized carbons (Fsp3) is 0.675. The third-order valence-electron chi connectivity index (χ3n) is 15.2. The Morgan fingerprint density at radius 1 is 0.938 bits per heavy atom. The smallest absolute Gasteiger partial charge is 0.331 e.